The van der Waals surface area contributed by atoms with Crippen molar-refractivity contribution in [3.63, 3.8) is 0 Å². The molecule has 1 aliphatic rings. The van der Waals surface area contributed by atoms with Crippen LogP contribution in [-0.2, 0) is 0 Å². The normalized spacial score (nSPS) is 12.5. The maximum absolute atomic E-state index is 12.6. The second-order valence-electron chi connectivity index (χ2n) is 6.29. The number of benzene rings is 2. The van der Waals surface area contributed by atoms with E-state index in [2.05, 4.69) is 20.3 Å². The van der Waals surface area contributed by atoms with Crippen LogP contribution < -0.4 is 20.5 Å². The van der Waals surface area contributed by atoms with E-state index in [9.17, 15) is 9.59 Å². The van der Waals surface area contributed by atoms with E-state index in [1.165, 1.54) is 11.3 Å². The van der Waals surface area contributed by atoms with E-state index in [0.29, 0.717) is 27.7 Å². The van der Waals surface area contributed by atoms with Crippen molar-refractivity contribution >= 4 is 33.4 Å². The van der Waals surface area contributed by atoms with E-state index in [0.717, 1.165) is 21.7 Å². The van der Waals surface area contributed by atoms with Gasteiger partial charge in [0.25, 0.3) is 5.91 Å². The number of amides is 1. The molecule has 2 aromatic heterocycles. The molecule has 0 bridgehead atoms. The van der Waals surface area contributed by atoms with E-state index in [1.807, 2.05) is 25.1 Å². The van der Waals surface area contributed by atoms with Crippen LogP contribution in [0.5, 0.6) is 11.5 Å². The van der Waals surface area contributed by atoms with Gasteiger partial charge in [-0.3, -0.25) is 10.1 Å². The Bertz CT molecular complexity index is 1290. The van der Waals surface area contributed by atoms with Gasteiger partial charge in [0.05, 0.1) is 16.7 Å². The number of hydrogen-bond donors (Lipinski definition) is 3. The van der Waals surface area contributed by atoms with E-state index < -0.39 is 0 Å². The Morgan fingerprint density at radius 3 is 2.82 bits per heavy atom. The molecule has 3 N–H and O–H groups in total. The Labute approximate surface area is 162 Å². The number of hydrogen-bond acceptors (Lipinski definition) is 6. The van der Waals surface area contributed by atoms with Crippen LogP contribution in [0.25, 0.3) is 22.3 Å². The number of aryl methyl sites for hydroxylation is 1. The third-order valence-corrected chi connectivity index (χ3v) is 5.33. The minimum atomic E-state index is -0.274. The molecule has 0 fully saturated rings. The first-order chi connectivity index (χ1) is 13.6. The summed E-state index contributed by atoms with van der Waals surface area (Å²) < 4.78 is 10.6. The molecule has 0 saturated heterocycles. The standard InChI is InChI=1S/C19H14N4O4S/c1-9-16(10-2-4-12-13(6-10)21-18(25)20-12)22-19(28-9)23-17(24)11-3-5-14-15(7-11)27-8-26-14/h2-7H,8H2,1H3,(H2,20,21,25)(H,22,23,24). The SMILES string of the molecule is Cc1sc(NC(=O)c2ccc3c(c2)OCO3)nc1-c1ccc2[nH]c(=O)[nH]c2c1. The van der Waals surface area contributed by atoms with Gasteiger partial charge in [-0.25, -0.2) is 9.78 Å². The Morgan fingerprint density at radius 1 is 1.11 bits per heavy atom. The third-order valence-electron chi connectivity index (χ3n) is 4.44. The predicted octanol–water partition coefficient (Wildman–Crippen LogP) is 3.27. The number of fused-ring (bicyclic) bond motifs is 2. The molecule has 28 heavy (non-hydrogen) atoms. The topological polar surface area (TPSA) is 109 Å². The van der Waals surface area contributed by atoms with Crippen molar-refractivity contribution in [1.29, 1.82) is 0 Å². The number of carbonyl (C=O) groups is 1. The van der Waals surface area contributed by atoms with E-state index >= 15 is 0 Å². The van der Waals surface area contributed by atoms with Gasteiger partial charge in [-0.2, -0.15) is 0 Å². The zero-order valence-electron chi connectivity index (χ0n) is 14.7. The number of aromatic amines is 2. The summed E-state index contributed by atoms with van der Waals surface area (Å²) in [6, 6.07) is 10.6. The highest BCUT2D eigenvalue weighted by molar-refractivity contribution is 7.16. The van der Waals surface area contributed by atoms with E-state index in [4.69, 9.17) is 9.47 Å². The Balaban J connectivity index is 1.42. The lowest BCUT2D eigenvalue weighted by atomic mass is 10.1. The molecule has 0 spiro atoms. The van der Waals surface area contributed by atoms with Crippen LogP contribution in [0.1, 0.15) is 15.2 Å². The zero-order valence-corrected chi connectivity index (χ0v) is 15.5. The number of rotatable bonds is 3. The van der Waals surface area contributed by atoms with Crippen LogP contribution in [0.4, 0.5) is 5.13 Å². The molecule has 2 aromatic carbocycles. The number of thiazole rings is 1. The molecule has 5 rings (SSSR count). The van der Waals surface area contributed by atoms with Crippen molar-refractivity contribution in [3.8, 4) is 22.8 Å². The molecule has 0 radical (unpaired) electrons. The van der Waals surface area contributed by atoms with Gasteiger partial charge in [-0.15, -0.1) is 11.3 Å². The molecule has 0 atom stereocenters. The summed E-state index contributed by atoms with van der Waals surface area (Å²) in [5.74, 6) is 0.906. The summed E-state index contributed by atoms with van der Waals surface area (Å²) >= 11 is 1.39. The van der Waals surface area contributed by atoms with Crippen molar-refractivity contribution in [2.24, 2.45) is 0 Å². The molecule has 140 valence electrons. The molecule has 4 aromatic rings. The monoisotopic (exact) mass is 394 g/mol. The molecule has 1 aliphatic heterocycles. The minimum Gasteiger partial charge on any atom is -0.454 e. The van der Waals surface area contributed by atoms with Crippen molar-refractivity contribution < 1.29 is 14.3 Å². The number of anilines is 1. The van der Waals surface area contributed by atoms with Crippen LogP contribution in [-0.4, -0.2) is 27.7 Å². The van der Waals surface area contributed by atoms with Gasteiger partial charge in [0.2, 0.25) is 6.79 Å². The second-order valence-corrected chi connectivity index (χ2v) is 7.49. The summed E-state index contributed by atoms with van der Waals surface area (Å²) in [6.45, 7) is 2.10. The summed E-state index contributed by atoms with van der Waals surface area (Å²) in [5.41, 5.74) is 3.28. The maximum Gasteiger partial charge on any atom is 0.323 e. The summed E-state index contributed by atoms with van der Waals surface area (Å²) in [5, 5.41) is 3.33. The average molecular weight is 394 g/mol. The van der Waals surface area contributed by atoms with Gasteiger partial charge in [0.15, 0.2) is 16.6 Å². The van der Waals surface area contributed by atoms with Gasteiger partial charge in [0.1, 0.15) is 0 Å². The van der Waals surface area contributed by atoms with Crippen molar-refractivity contribution in [3.05, 3.63) is 57.3 Å². The first-order valence-corrected chi connectivity index (χ1v) is 9.29. The molecular formula is C19H14N4O4S. The van der Waals surface area contributed by atoms with Gasteiger partial charge in [-0.05, 0) is 37.3 Å². The minimum absolute atomic E-state index is 0.159. The number of carbonyl (C=O) groups excluding carboxylic acids is 1. The fraction of sp³-hybridized carbons (Fsp3) is 0.105. The van der Waals surface area contributed by atoms with Crippen LogP contribution in [0.15, 0.2) is 41.2 Å². The van der Waals surface area contributed by atoms with Crippen LogP contribution in [0, 0.1) is 6.92 Å². The Hall–Kier alpha value is -3.59. The molecule has 9 heteroatoms. The van der Waals surface area contributed by atoms with Crippen LogP contribution in [0.3, 0.4) is 0 Å². The highest BCUT2D eigenvalue weighted by atomic mass is 32.1. The summed E-state index contributed by atoms with van der Waals surface area (Å²) in [4.78, 5) is 35.0. The average Bonchev–Trinajstić information content (AvgIpc) is 3.37. The Morgan fingerprint density at radius 2 is 1.93 bits per heavy atom. The first-order valence-electron chi connectivity index (χ1n) is 8.48. The highest BCUT2D eigenvalue weighted by Crippen LogP contribution is 2.34. The number of aromatic nitrogens is 3. The van der Waals surface area contributed by atoms with Crippen molar-refractivity contribution in [2.45, 2.75) is 6.92 Å². The smallest absolute Gasteiger partial charge is 0.323 e. The maximum atomic E-state index is 12.6. The first kappa shape index (κ1) is 16.6. The lowest BCUT2D eigenvalue weighted by Gasteiger charge is -2.03. The van der Waals surface area contributed by atoms with E-state index in [-0.39, 0.29) is 18.4 Å². The highest BCUT2D eigenvalue weighted by Gasteiger charge is 2.18. The number of ether oxygens (including phenoxy) is 2. The zero-order chi connectivity index (χ0) is 19.3. The quantitative estimate of drug-likeness (QED) is 0.494. The Kier molecular flexibility index (Phi) is 3.69. The number of imidazole rings is 1. The lowest BCUT2D eigenvalue weighted by molar-refractivity contribution is 0.102. The van der Waals surface area contributed by atoms with Gasteiger partial charge >= 0.3 is 5.69 Å². The van der Waals surface area contributed by atoms with Crippen LogP contribution in [0.2, 0.25) is 0 Å². The molecule has 1 amide bonds. The molecule has 0 unspecified atom stereocenters. The van der Waals surface area contributed by atoms with E-state index in [1.54, 1.807) is 18.2 Å². The summed E-state index contributed by atoms with van der Waals surface area (Å²) in [7, 11) is 0. The van der Waals surface area contributed by atoms with Gasteiger partial charge in [0, 0.05) is 16.0 Å². The molecule has 0 saturated carbocycles. The van der Waals surface area contributed by atoms with Crippen molar-refractivity contribution in [2.75, 3.05) is 12.1 Å². The predicted molar refractivity (Wildman–Crippen MR) is 105 cm³/mol. The number of H-pyrrole nitrogens is 2. The fourth-order valence-electron chi connectivity index (χ4n) is 3.10. The van der Waals surface area contributed by atoms with Crippen molar-refractivity contribution in [1.82, 2.24) is 15.0 Å². The largest absolute Gasteiger partial charge is 0.454 e. The molecular weight excluding hydrogens is 380 g/mol. The van der Waals surface area contributed by atoms with Crippen LogP contribution >= 0.6 is 11.3 Å². The molecule has 0 aliphatic carbocycles. The van der Waals surface area contributed by atoms with Gasteiger partial charge in [-0.1, -0.05) is 6.07 Å². The number of nitrogens with zero attached hydrogens (tertiary/aromatic N) is 1. The number of nitrogens with one attached hydrogen (secondary N) is 3. The lowest BCUT2D eigenvalue weighted by Crippen LogP contribution is -2.11. The fourth-order valence-corrected chi connectivity index (χ4v) is 3.94. The molecule has 3 heterocycles. The molecule has 8 nitrogen and oxygen atoms in total. The third kappa shape index (κ3) is 2.81. The summed E-state index contributed by atoms with van der Waals surface area (Å²) in [6.07, 6.45) is 0. The van der Waals surface area contributed by atoms with Gasteiger partial charge < -0.3 is 19.4 Å². The second kappa shape index (κ2) is 6.24.